The minimum atomic E-state index is 0.834. The third-order valence-corrected chi connectivity index (χ3v) is 5.69. The molecule has 1 aliphatic heterocycles. The quantitative estimate of drug-likeness (QED) is 0.519. The zero-order chi connectivity index (χ0) is 19.8. The number of likely N-dealkylation sites (N-methyl/N-ethyl adjacent to an activating group) is 1. The van der Waals surface area contributed by atoms with Crippen molar-refractivity contribution in [2.75, 3.05) is 25.0 Å². The lowest BCUT2D eigenvalue weighted by Gasteiger charge is -2.22. The smallest absolute Gasteiger partial charge is 0.218 e. The number of hydrogen-bond acceptors (Lipinski definition) is 3. The topological polar surface area (TPSA) is 52.2 Å². The first kappa shape index (κ1) is 17.6. The average Bonchev–Trinajstić information content (AvgIpc) is 3.18. The van der Waals surface area contributed by atoms with Crippen molar-refractivity contribution in [1.29, 1.82) is 0 Å². The lowest BCUT2D eigenvalue weighted by atomic mass is 9.99. The Morgan fingerprint density at radius 1 is 1.14 bits per heavy atom. The van der Waals surface area contributed by atoms with E-state index in [1.165, 1.54) is 11.1 Å². The molecule has 0 aliphatic carbocycles. The number of pyridine rings is 1. The third-order valence-electron chi connectivity index (χ3n) is 5.69. The number of nitrogens with one attached hydrogen (secondary N) is 1. The van der Waals surface area contributed by atoms with Crippen molar-refractivity contribution in [2.24, 2.45) is 0 Å². The largest absolute Gasteiger partial charge is 0.361 e. The van der Waals surface area contributed by atoms with Gasteiger partial charge in [-0.15, -0.1) is 0 Å². The van der Waals surface area contributed by atoms with Gasteiger partial charge in [-0.05, 0) is 49.4 Å². The number of nitrogens with zero attached hydrogens (tertiary/aromatic N) is 3. The van der Waals surface area contributed by atoms with Gasteiger partial charge in [-0.3, -0.25) is 14.7 Å². The van der Waals surface area contributed by atoms with Crippen molar-refractivity contribution in [1.82, 2.24) is 14.9 Å². The Labute approximate surface area is 169 Å². The van der Waals surface area contributed by atoms with Gasteiger partial charge >= 0.3 is 0 Å². The predicted octanol–water partition coefficient (Wildman–Crippen LogP) is 4.73. The molecule has 29 heavy (non-hydrogen) atoms. The van der Waals surface area contributed by atoms with Crippen molar-refractivity contribution in [2.45, 2.75) is 6.42 Å². The second-order valence-electron chi connectivity index (χ2n) is 7.50. The minimum absolute atomic E-state index is 0.834. The number of aromatic nitrogens is 2. The molecule has 3 heterocycles. The highest BCUT2D eigenvalue weighted by Gasteiger charge is 2.17. The summed E-state index contributed by atoms with van der Waals surface area (Å²) in [5.41, 5.74) is 6.21. The van der Waals surface area contributed by atoms with E-state index in [-0.39, 0.29) is 0 Å². The van der Waals surface area contributed by atoms with Crippen molar-refractivity contribution in [3.63, 3.8) is 0 Å². The first-order chi connectivity index (χ1) is 14.2. The number of carbonyl (C=O) groups is 1. The number of benzene rings is 2. The molecule has 1 N–H and O–H groups in total. The molecule has 2 aromatic carbocycles. The second-order valence-corrected chi connectivity index (χ2v) is 7.50. The molecule has 5 rings (SSSR count). The van der Waals surface area contributed by atoms with Crippen LogP contribution < -0.4 is 4.90 Å². The number of para-hydroxylation sites is 1. The average molecular weight is 382 g/mol. The third kappa shape index (κ3) is 3.09. The normalized spacial score (nSPS) is 14.9. The summed E-state index contributed by atoms with van der Waals surface area (Å²) in [6.45, 7) is 2.02. The molecule has 5 heteroatoms. The van der Waals surface area contributed by atoms with E-state index in [4.69, 9.17) is 0 Å². The molecule has 0 saturated carbocycles. The Balaban J connectivity index is 1.62. The molecule has 0 fully saturated rings. The number of fused-ring (bicyclic) bond motifs is 2. The molecular weight excluding hydrogens is 360 g/mol. The highest BCUT2D eigenvalue weighted by Crippen LogP contribution is 2.35. The molecule has 0 spiro atoms. The standard InChI is InChI=1S/C24H22N4O/c1-27-12-9-17(10-13-27)21-15-26-23-7-6-18(14-20(21)23)28(16-29)24-8-11-25-22-5-3-2-4-19(22)24/h2-9,11,14-16,26H,10,12-13H2,1H3. The Morgan fingerprint density at radius 3 is 2.86 bits per heavy atom. The maximum atomic E-state index is 12.1. The SMILES string of the molecule is CN1CC=C(c2c[nH]c3ccc(N(C=O)c4ccnc5ccccc45)cc23)CC1. The molecule has 0 radical (unpaired) electrons. The van der Waals surface area contributed by atoms with Crippen LogP contribution in [-0.4, -0.2) is 41.4 Å². The van der Waals surface area contributed by atoms with Gasteiger partial charge in [0.2, 0.25) is 6.41 Å². The first-order valence-electron chi connectivity index (χ1n) is 9.82. The van der Waals surface area contributed by atoms with E-state index in [2.05, 4.69) is 40.3 Å². The number of aromatic amines is 1. The summed E-state index contributed by atoms with van der Waals surface area (Å²) in [6, 6.07) is 15.9. The lowest BCUT2D eigenvalue weighted by molar-refractivity contribution is -0.106. The molecule has 0 unspecified atom stereocenters. The van der Waals surface area contributed by atoms with Gasteiger partial charge in [-0.25, -0.2) is 0 Å². The minimum Gasteiger partial charge on any atom is -0.361 e. The van der Waals surface area contributed by atoms with Gasteiger partial charge in [-0.1, -0.05) is 24.3 Å². The first-order valence-corrected chi connectivity index (χ1v) is 9.82. The Kier molecular flexibility index (Phi) is 4.37. The number of anilines is 2. The van der Waals surface area contributed by atoms with Crippen LogP contribution in [-0.2, 0) is 4.79 Å². The summed E-state index contributed by atoms with van der Waals surface area (Å²) < 4.78 is 0. The summed E-state index contributed by atoms with van der Waals surface area (Å²) in [4.78, 5) is 23.9. The molecular formula is C24H22N4O. The van der Waals surface area contributed by atoms with Crippen LogP contribution in [0.25, 0.3) is 27.4 Å². The van der Waals surface area contributed by atoms with Crippen LogP contribution in [0.1, 0.15) is 12.0 Å². The van der Waals surface area contributed by atoms with Crippen LogP contribution in [0.3, 0.4) is 0 Å². The van der Waals surface area contributed by atoms with Gasteiger partial charge in [0.15, 0.2) is 0 Å². The monoisotopic (exact) mass is 382 g/mol. The van der Waals surface area contributed by atoms with E-state index in [0.29, 0.717) is 0 Å². The molecule has 1 amide bonds. The number of hydrogen-bond donors (Lipinski definition) is 1. The number of rotatable bonds is 4. The predicted molar refractivity (Wildman–Crippen MR) is 118 cm³/mol. The van der Waals surface area contributed by atoms with Crippen LogP contribution in [0.5, 0.6) is 0 Å². The van der Waals surface area contributed by atoms with Crippen molar-refractivity contribution < 1.29 is 4.79 Å². The van der Waals surface area contributed by atoms with Crippen LogP contribution in [0.4, 0.5) is 11.4 Å². The van der Waals surface area contributed by atoms with Gasteiger partial charge in [0.05, 0.1) is 11.2 Å². The van der Waals surface area contributed by atoms with Crippen molar-refractivity contribution in [3.05, 3.63) is 72.6 Å². The highest BCUT2D eigenvalue weighted by atomic mass is 16.1. The number of H-pyrrole nitrogens is 1. The van der Waals surface area contributed by atoms with Crippen LogP contribution >= 0.6 is 0 Å². The zero-order valence-corrected chi connectivity index (χ0v) is 16.3. The lowest BCUT2D eigenvalue weighted by Crippen LogP contribution is -2.23. The number of amides is 1. The molecule has 0 saturated heterocycles. The van der Waals surface area contributed by atoms with Gasteiger partial charge in [0.1, 0.15) is 0 Å². The van der Waals surface area contributed by atoms with E-state index in [9.17, 15) is 4.79 Å². The van der Waals surface area contributed by atoms with Crippen molar-refractivity contribution >= 4 is 45.2 Å². The van der Waals surface area contributed by atoms with Crippen LogP contribution in [0.2, 0.25) is 0 Å². The zero-order valence-electron chi connectivity index (χ0n) is 16.3. The van der Waals surface area contributed by atoms with E-state index in [1.807, 2.05) is 42.5 Å². The second kappa shape index (κ2) is 7.18. The molecule has 4 aromatic rings. The molecule has 0 bridgehead atoms. The molecule has 0 atom stereocenters. The van der Waals surface area contributed by atoms with E-state index >= 15 is 0 Å². The van der Waals surface area contributed by atoms with E-state index < -0.39 is 0 Å². The Bertz CT molecular complexity index is 1230. The van der Waals surface area contributed by atoms with Gasteiger partial charge in [0, 0.05) is 53.0 Å². The molecule has 2 aromatic heterocycles. The fraction of sp³-hybridized carbons (Fsp3) is 0.167. The van der Waals surface area contributed by atoms with Crippen LogP contribution in [0, 0.1) is 0 Å². The van der Waals surface area contributed by atoms with E-state index in [0.717, 1.165) is 59.1 Å². The van der Waals surface area contributed by atoms with Crippen molar-refractivity contribution in [3.8, 4) is 0 Å². The molecule has 5 nitrogen and oxygen atoms in total. The summed E-state index contributed by atoms with van der Waals surface area (Å²) in [5.74, 6) is 0. The van der Waals surface area contributed by atoms with E-state index in [1.54, 1.807) is 11.1 Å². The fourth-order valence-electron chi connectivity index (χ4n) is 4.09. The molecule has 1 aliphatic rings. The summed E-state index contributed by atoms with van der Waals surface area (Å²) in [6.07, 6.45) is 8.03. The highest BCUT2D eigenvalue weighted by molar-refractivity contribution is 6.03. The molecule has 144 valence electrons. The summed E-state index contributed by atoms with van der Waals surface area (Å²) in [5, 5.41) is 2.10. The summed E-state index contributed by atoms with van der Waals surface area (Å²) >= 11 is 0. The Morgan fingerprint density at radius 2 is 2.03 bits per heavy atom. The maximum Gasteiger partial charge on any atom is 0.218 e. The van der Waals surface area contributed by atoms with Crippen LogP contribution in [0.15, 0.2) is 67.0 Å². The fourth-order valence-corrected chi connectivity index (χ4v) is 4.09. The van der Waals surface area contributed by atoms with Gasteiger partial charge in [0.25, 0.3) is 0 Å². The summed E-state index contributed by atoms with van der Waals surface area (Å²) in [7, 11) is 2.14. The van der Waals surface area contributed by atoms with Gasteiger partial charge < -0.3 is 9.88 Å². The van der Waals surface area contributed by atoms with Gasteiger partial charge in [-0.2, -0.15) is 0 Å². The number of carbonyl (C=O) groups excluding carboxylic acids is 1. The maximum absolute atomic E-state index is 12.1. The Hall–Kier alpha value is -3.44.